The van der Waals surface area contributed by atoms with Crippen LogP contribution in [0.1, 0.15) is 58.2 Å². The van der Waals surface area contributed by atoms with Gasteiger partial charge in [0, 0.05) is 24.3 Å². The van der Waals surface area contributed by atoms with E-state index >= 15 is 0 Å². The average Bonchev–Trinajstić information content (AvgIpc) is 2.35. The van der Waals surface area contributed by atoms with Crippen molar-refractivity contribution in [3.05, 3.63) is 33.7 Å². The average molecular weight is 264 g/mol. The molecule has 0 aromatic carbocycles. The van der Waals surface area contributed by atoms with Crippen molar-refractivity contribution >= 4 is 0 Å². The van der Waals surface area contributed by atoms with Crippen LogP contribution in [0.4, 0.5) is 0 Å². The number of hydrogen-bond acceptors (Lipinski definition) is 2. The molecule has 0 aliphatic rings. The van der Waals surface area contributed by atoms with Crippen LogP contribution < -0.4 is 10.9 Å². The highest BCUT2D eigenvalue weighted by Gasteiger charge is 2.11. The second kappa shape index (κ2) is 7.49. The smallest absolute Gasteiger partial charge is 0.255 e. The lowest BCUT2D eigenvalue weighted by Gasteiger charge is -2.18. The van der Waals surface area contributed by atoms with Crippen LogP contribution in [0.2, 0.25) is 0 Å². The summed E-state index contributed by atoms with van der Waals surface area (Å²) in [5.41, 5.74) is 2.19. The summed E-state index contributed by atoms with van der Waals surface area (Å²) >= 11 is 0. The molecule has 0 spiro atoms. The van der Waals surface area contributed by atoms with Gasteiger partial charge in [0.1, 0.15) is 0 Å². The molecule has 3 heteroatoms. The van der Waals surface area contributed by atoms with Crippen LogP contribution in [0.25, 0.3) is 0 Å². The van der Waals surface area contributed by atoms with Crippen molar-refractivity contribution in [2.24, 2.45) is 5.92 Å². The van der Waals surface area contributed by atoms with Gasteiger partial charge in [-0.2, -0.15) is 0 Å². The molecule has 0 bridgehead atoms. The lowest BCUT2D eigenvalue weighted by molar-refractivity contribution is 0.487. The molecule has 108 valence electrons. The molecule has 1 aromatic heterocycles. The van der Waals surface area contributed by atoms with Crippen LogP contribution in [0, 0.1) is 5.92 Å². The zero-order chi connectivity index (χ0) is 14.4. The van der Waals surface area contributed by atoms with E-state index in [0.29, 0.717) is 18.4 Å². The van der Waals surface area contributed by atoms with Gasteiger partial charge in [0.15, 0.2) is 0 Å². The third-order valence-electron chi connectivity index (χ3n) is 3.37. The van der Waals surface area contributed by atoms with Gasteiger partial charge < -0.3 is 9.88 Å². The van der Waals surface area contributed by atoms with Crippen molar-refractivity contribution in [3.63, 3.8) is 0 Å². The first-order valence-corrected chi connectivity index (χ1v) is 7.40. The zero-order valence-electron chi connectivity index (χ0n) is 13.0. The van der Waals surface area contributed by atoms with Crippen LogP contribution in [0.5, 0.6) is 0 Å². The molecule has 0 aliphatic carbocycles. The highest BCUT2D eigenvalue weighted by molar-refractivity contribution is 5.18. The third kappa shape index (κ3) is 4.50. The van der Waals surface area contributed by atoms with E-state index in [1.165, 1.54) is 0 Å². The maximum absolute atomic E-state index is 12.5. The molecule has 1 N–H and O–H groups in total. The van der Waals surface area contributed by atoms with Crippen molar-refractivity contribution in [3.8, 4) is 0 Å². The largest absolute Gasteiger partial charge is 0.313 e. The van der Waals surface area contributed by atoms with Crippen LogP contribution in [-0.4, -0.2) is 11.1 Å². The molecule has 3 nitrogen and oxygen atoms in total. The maximum Gasteiger partial charge on any atom is 0.255 e. The van der Waals surface area contributed by atoms with Gasteiger partial charge in [0.05, 0.1) is 0 Å². The Balaban J connectivity index is 3.08. The lowest BCUT2D eigenvalue weighted by atomic mass is 10.1. The van der Waals surface area contributed by atoms with E-state index in [1.807, 2.05) is 10.6 Å². The first kappa shape index (κ1) is 16.0. The van der Waals surface area contributed by atoms with E-state index in [-0.39, 0.29) is 5.56 Å². The first-order valence-electron chi connectivity index (χ1n) is 7.40. The van der Waals surface area contributed by atoms with E-state index in [2.05, 4.69) is 46.0 Å². The van der Waals surface area contributed by atoms with Gasteiger partial charge in [0.2, 0.25) is 0 Å². The summed E-state index contributed by atoms with van der Waals surface area (Å²) in [5.74, 6) is 0.998. The van der Waals surface area contributed by atoms with E-state index < -0.39 is 0 Å². The third-order valence-corrected chi connectivity index (χ3v) is 3.37. The fourth-order valence-corrected chi connectivity index (χ4v) is 2.15. The zero-order valence-corrected chi connectivity index (χ0v) is 13.0. The standard InChI is InChI=1S/C16H28N2O/c1-6-17-11-14-7-8-15(13(4)5)18(16(14)19)10-9-12(2)3/h7-8,12-13,17H,6,9-11H2,1-5H3. The van der Waals surface area contributed by atoms with Crippen molar-refractivity contribution in [1.29, 1.82) is 0 Å². The summed E-state index contributed by atoms with van der Waals surface area (Å²) in [6.07, 6.45) is 1.05. The Morgan fingerprint density at radius 2 is 1.89 bits per heavy atom. The molecule has 0 saturated heterocycles. The SMILES string of the molecule is CCNCc1ccc(C(C)C)n(CCC(C)C)c1=O. The Kier molecular flexibility index (Phi) is 6.29. The fraction of sp³-hybridized carbons (Fsp3) is 0.688. The molecule has 0 fully saturated rings. The summed E-state index contributed by atoms with van der Waals surface area (Å²) in [6.45, 7) is 13.1. The normalized spacial score (nSPS) is 11.5. The van der Waals surface area contributed by atoms with Crippen LogP contribution in [-0.2, 0) is 13.1 Å². The number of aromatic nitrogens is 1. The molecule has 1 heterocycles. The predicted octanol–water partition coefficient (Wildman–Crippen LogP) is 3.13. The van der Waals surface area contributed by atoms with Crippen LogP contribution >= 0.6 is 0 Å². The minimum absolute atomic E-state index is 0.174. The molecule has 0 atom stereocenters. The molecule has 0 unspecified atom stereocenters. The van der Waals surface area contributed by atoms with Crippen molar-refractivity contribution < 1.29 is 0 Å². The van der Waals surface area contributed by atoms with Gasteiger partial charge in [-0.1, -0.05) is 40.7 Å². The molecule has 19 heavy (non-hydrogen) atoms. The topological polar surface area (TPSA) is 34.0 Å². The quantitative estimate of drug-likeness (QED) is 0.821. The molecule has 0 aliphatic heterocycles. The Morgan fingerprint density at radius 3 is 2.42 bits per heavy atom. The molecule has 1 aromatic rings. The minimum atomic E-state index is 0.174. The predicted molar refractivity (Wildman–Crippen MR) is 81.6 cm³/mol. The van der Waals surface area contributed by atoms with Crippen LogP contribution in [0.3, 0.4) is 0 Å². The number of hydrogen-bond donors (Lipinski definition) is 1. The molecular weight excluding hydrogens is 236 g/mol. The molecule has 0 saturated carbocycles. The first-order chi connectivity index (χ1) is 8.97. The molecule has 0 radical (unpaired) electrons. The van der Waals surface area contributed by atoms with Gasteiger partial charge in [-0.3, -0.25) is 4.79 Å². The van der Waals surface area contributed by atoms with Crippen molar-refractivity contribution in [1.82, 2.24) is 9.88 Å². The molecular formula is C16H28N2O. The van der Waals surface area contributed by atoms with E-state index in [1.54, 1.807) is 0 Å². The maximum atomic E-state index is 12.5. The van der Waals surface area contributed by atoms with Crippen LogP contribution in [0.15, 0.2) is 16.9 Å². The summed E-state index contributed by atoms with van der Waals surface area (Å²) in [4.78, 5) is 12.5. The highest BCUT2D eigenvalue weighted by Crippen LogP contribution is 2.14. The Hall–Kier alpha value is -1.09. The van der Waals surface area contributed by atoms with Crippen molar-refractivity contribution in [2.45, 2.75) is 60.0 Å². The number of nitrogens with one attached hydrogen (secondary N) is 1. The summed E-state index contributed by atoms with van der Waals surface area (Å²) in [7, 11) is 0. The Morgan fingerprint density at radius 1 is 1.21 bits per heavy atom. The van der Waals surface area contributed by atoms with Gasteiger partial charge in [-0.15, -0.1) is 0 Å². The fourth-order valence-electron chi connectivity index (χ4n) is 2.15. The Bertz CT molecular complexity index is 447. The Labute approximate surface area is 117 Å². The second-order valence-electron chi connectivity index (χ2n) is 5.86. The van der Waals surface area contributed by atoms with Gasteiger partial charge >= 0.3 is 0 Å². The summed E-state index contributed by atoms with van der Waals surface area (Å²) in [5, 5.41) is 3.23. The lowest BCUT2D eigenvalue weighted by Crippen LogP contribution is -2.30. The summed E-state index contributed by atoms with van der Waals surface area (Å²) < 4.78 is 1.97. The van der Waals surface area contributed by atoms with E-state index in [0.717, 1.165) is 30.8 Å². The number of rotatable bonds is 7. The van der Waals surface area contributed by atoms with E-state index in [4.69, 9.17) is 0 Å². The van der Waals surface area contributed by atoms with Gasteiger partial charge in [0.25, 0.3) is 5.56 Å². The molecule has 1 rings (SSSR count). The molecule has 0 amide bonds. The van der Waals surface area contributed by atoms with Crippen molar-refractivity contribution in [2.75, 3.05) is 6.54 Å². The van der Waals surface area contributed by atoms with Gasteiger partial charge in [-0.05, 0) is 30.9 Å². The monoisotopic (exact) mass is 264 g/mol. The van der Waals surface area contributed by atoms with E-state index in [9.17, 15) is 4.79 Å². The summed E-state index contributed by atoms with van der Waals surface area (Å²) in [6, 6.07) is 4.09. The number of pyridine rings is 1. The highest BCUT2D eigenvalue weighted by atomic mass is 16.1. The number of nitrogens with zero attached hydrogens (tertiary/aromatic N) is 1. The van der Waals surface area contributed by atoms with Gasteiger partial charge in [-0.25, -0.2) is 0 Å². The minimum Gasteiger partial charge on any atom is -0.313 e. The second-order valence-corrected chi connectivity index (χ2v) is 5.86.